The predicted octanol–water partition coefficient (Wildman–Crippen LogP) is 7.29. The van der Waals surface area contributed by atoms with E-state index < -0.39 is 29.3 Å². The zero-order valence-corrected chi connectivity index (χ0v) is 25.1. The van der Waals surface area contributed by atoms with E-state index in [1.54, 1.807) is 44.5 Å². The number of rotatable bonds is 6. The normalized spacial score (nSPS) is 13.9. The van der Waals surface area contributed by atoms with E-state index in [2.05, 4.69) is 4.98 Å². The van der Waals surface area contributed by atoms with Crippen molar-refractivity contribution >= 4 is 11.6 Å². The molecule has 226 valence electrons. The second-order valence-electron chi connectivity index (χ2n) is 12.0. The largest absolute Gasteiger partial charge is 0.490 e. The van der Waals surface area contributed by atoms with E-state index in [-0.39, 0.29) is 11.3 Å². The third-order valence-electron chi connectivity index (χ3n) is 7.68. The number of fused-ring (bicyclic) bond motifs is 2. The Morgan fingerprint density at radius 2 is 1.84 bits per heavy atom. The van der Waals surface area contributed by atoms with Crippen molar-refractivity contribution in [2.24, 2.45) is 0 Å². The van der Waals surface area contributed by atoms with Gasteiger partial charge in [-0.15, -0.1) is 0 Å². The highest BCUT2D eigenvalue weighted by atomic mass is 19.1. The molecule has 1 atom stereocenters. The number of aromatic nitrogens is 4. The van der Waals surface area contributed by atoms with E-state index in [1.807, 2.05) is 31.2 Å². The molecule has 2 aromatic carbocycles. The molecule has 0 saturated heterocycles. The molecule has 0 saturated carbocycles. The van der Waals surface area contributed by atoms with Crippen LogP contribution in [-0.4, -0.2) is 42.9 Å². The van der Waals surface area contributed by atoms with Crippen LogP contribution in [0.4, 0.5) is 8.78 Å². The van der Waals surface area contributed by atoms with Crippen LogP contribution in [0.25, 0.3) is 39.3 Å². The van der Waals surface area contributed by atoms with Crippen molar-refractivity contribution in [2.45, 2.75) is 59.2 Å². The van der Waals surface area contributed by atoms with Gasteiger partial charge < -0.3 is 14.6 Å². The number of carboxylic acid groups (broad SMARTS) is 1. The van der Waals surface area contributed by atoms with Crippen LogP contribution >= 0.6 is 0 Å². The summed E-state index contributed by atoms with van der Waals surface area (Å²) in [6.45, 7) is 9.36. The lowest BCUT2D eigenvalue weighted by Gasteiger charge is -2.28. The Morgan fingerprint density at radius 3 is 2.57 bits per heavy atom. The second-order valence-corrected chi connectivity index (χ2v) is 12.0. The Labute approximate surface area is 253 Å². The number of halogens is 2. The van der Waals surface area contributed by atoms with Gasteiger partial charge >= 0.3 is 5.97 Å². The van der Waals surface area contributed by atoms with Gasteiger partial charge in [-0.05, 0) is 76.8 Å². The molecule has 3 aromatic heterocycles. The summed E-state index contributed by atoms with van der Waals surface area (Å²) in [5.74, 6) is -1.94. The minimum absolute atomic E-state index is 0.228. The Kier molecular flexibility index (Phi) is 7.41. The number of carboxylic acids is 1. The lowest BCUT2D eigenvalue weighted by atomic mass is 9.91. The molecule has 6 rings (SSSR count). The summed E-state index contributed by atoms with van der Waals surface area (Å²) in [7, 11) is 0. The maximum atomic E-state index is 15.6. The summed E-state index contributed by atoms with van der Waals surface area (Å²) in [5, 5.41) is 15.3. The fourth-order valence-electron chi connectivity index (χ4n) is 5.77. The molecular weight excluding hydrogens is 566 g/mol. The maximum Gasteiger partial charge on any atom is 0.337 e. The zero-order valence-electron chi connectivity index (χ0n) is 25.1. The molecule has 1 aliphatic rings. The fourth-order valence-corrected chi connectivity index (χ4v) is 5.77. The van der Waals surface area contributed by atoms with E-state index in [4.69, 9.17) is 19.6 Å². The standard InChI is InChI=1S/C34H32F2N4O4/c1-18-24-10-7-11-43-31(24)26(36)14-25(18)30-29(32(33(41)42)44-34(3,4)5)19(2)38-28-15-27(39-40(28)30)21-9-6-8-20(12-21)22-13-23(35)17-37-16-22/h6,8-9,12-17,32H,7,10-11H2,1-5H3,(H,41,42)/t32-/m0/s1. The van der Waals surface area contributed by atoms with Gasteiger partial charge in [-0.25, -0.2) is 23.1 Å². The van der Waals surface area contributed by atoms with Gasteiger partial charge in [-0.3, -0.25) is 4.98 Å². The van der Waals surface area contributed by atoms with Crippen LogP contribution in [0.3, 0.4) is 0 Å². The van der Waals surface area contributed by atoms with Gasteiger partial charge in [0.1, 0.15) is 5.82 Å². The molecule has 0 spiro atoms. The molecule has 5 aromatic rings. The Balaban J connectivity index is 1.62. The number of nitrogens with zero attached hydrogens (tertiary/aromatic N) is 4. The molecule has 10 heteroatoms. The van der Waals surface area contributed by atoms with Gasteiger partial charge in [0.15, 0.2) is 23.3 Å². The van der Waals surface area contributed by atoms with Crippen LogP contribution in [-0.2, 0) is 16.0 Å². The number of benzene rings is 2. The molecule has 0 fully saturated rings. The van der Waals surface area contributed by atoms with E-state index in [1.165, 1.54) is 12.1 Å². The smallest absolute Gasteiger partial charge is 0.337 e. The highest BCUT2D eigenvalue weighted by Crippen LogP contribution is 2.42. The van der Waals surface area contributed by atoms with Crippen molar-refractivity contribution in [1.29, 1.82) is 0 Å². The van der Waals surface area contributed by atoms with Crippen molar-refractivity contribution in [3.8, 4) is 39.4 Å². The lowest BCUT2D eigenvalue weighted by Crippen LogP contribution is -2.29. The summed E-state index contributed by atoms with van der Waals surface area (Å²) >= 11 is 0. The topological polar surface area (TPSA) is 98.8 Å². The van der Waals surface area contributed by atoms with Crippen LogP contribution in [0.15, 0.2) is 54.9 Å². The maximum absolute atomic E-state index is 15.6. The van der Waals surface area contributed by atoms with Gasteiger partial charge in [0.25, 0.3) is 0 Å². The minimum atomic E-state index is -1.41. The van der Waals surface area contributed by atoms with Crippen molar-refractivity contribution in [2.75, 3.05) is 6.61 Å². The molecule has 1 N–H and O–H groups in total. The third kappa shape index (κ3) is 5.41. The van der Waals surface area contributed by atoms with Crippen molar-refractivity contribution in [3.63, 3.8) is 0 Å². The van der Waals surface area contributed by atoms with Crippen LogP contribution in [0.5, 0.6) is 5.75 Å². The van der Waals surface area contributed by atoms with E-state index in [9.17, 15) is 14.3 Å². The van der Waals surface area contributed by atoms with Gasteiger partial charge in [-0.2, -0.15) is 5.10 Å². The molecule has 1 aliphatic heterocycles. The second kappa shape index (κ2) is 11.1. The molecule has 0 aliphatic carbocycles. The summed E-state index contributed by atoms with van der Waals surface area (Å²) in [6, 6.07) is 12.0. The SMILES string of the molecule is Cc1nc2cc(-c3cccc(-c4cncc(F)c4)c3)nn2c(-c2cc(F)c3c(c2C)CCCO3)c1[C@H](OC(C)(C)C)C(=O)O. The number of aryl methyl sites for hydroxylation is 1. The Morgan fingerprint density at radius 1 is 1.07 bits per heavy atom. The van der Waals surface area contributed by atoms with Gasteiger partial charge in [0, 0.05) is 45.8 Å². The first kappa shape index (κ1) is 29.4. The van der Waals surface area contributed by atoms with E-state index >= 15 is 4.39 Å². The molecule has 4 heterocycles. The number of aliphatic carboxylic acids is 1. The molecule has 8 nitrogen and oxygen atoms in total. The van der Waals surface area contributed by atoms with Crippen molar-refractivity contribution in [3.05, 3.63) is 88.9 Å². The van der Waals surface area contributed by atoms with E-state index in [0.29, 0.717) is 46.9 Å². The Hall–Kier alpha value is -4.70. The van der Waals surface area contributed by atoms with Crippen LogP contribution in [0, 0.1) is 25.5 Å². The zero-order chi connectivity index (χ0) is 31.3. The molecular formula is C34H32F2N4O4. The summed E-state index contributed by atoms with van der Waals surface area (Å²) < 4.78 is 42.9. The van der Waals surface area contributed by atoms with Crippen molar-refractivity contribution in [1.82, 2.24) is 19.6 Å². The van der Waals surface area contributed by atoms with Crippen LogP contribution < -0.4 is 4.74 Å². The summed E-state index contributed by atoms with van der Waals surface area (Å²) in [5.41, 5.74) is 5.34. The Bertz CT molecular complexity index is 1930. The summed E-state index contributed by atoms with van der Waals surface area (Å²) in [4.78, 5) is 21.5. The quantitative estimate of drug-likeness (QED) is 0.219. The molecule has 0 unspecified atom stereocenters. The van der Waals surface area contributed by atoms with E-state index in [0.717, 1.165) is 34.9 Å². The third-order valence-corrected chi connectivity index (χ3v) is 7.68. The van der Waals surface area contributed by atoms with Gasteiger partial charge in [-0.1, -0.05) is 18.2 Å². The average molecular weight is 599 g/mol. The number of hydrogen-bond acceptors (Lipinski definition) is 6. The average Bonchev–Trinajstić information content (AvgIpc) is 3.40. The number of hydrogen-bond donors (Lipinski definition) is 1. The monoisotopic (exact) mass is 598 g/mol. The molecule has 0 radical (unpaired) electrons. The van der Waals surface area contributed by atoms with Crippen molar-refractivity contribution < 1.29 is 28.2 Å². The molecule has 44 heavy (non-hydrogen) atoms. The first-order valence-corrected chi connectivity index (χ1v) is 14.4. The van der Waals surface area contributed by atoms with Gasteiger partial charge in [0.2, 0.25) is 0 Å². The first-order valence-electron chi connectivity index (χ1n) is 14.4. The highest BCUT2D eigenvalue weighted by Gasteiger charge is 2.34. The van der Waals surface area contributed by atoms with Gasteiger partial charge in [0.05, 0.1) is 29.8 Å². The minimum Gasteiger partial charge on any atom is -0.490 e. The van der Waals surface area contributed by atoms with Crippen LogP contribution in [0.2, 0.25) is 0 Å². The first-order chi connectivity index (χ1) is 20.9. The van der Waals surface area contributed by atoms with Crippen LogP contribution in [0.1, 0.15) is 55.7 Å². The predicted molar refractivity (Wildman–Crippen MR) is 162 cm³/mol. The molecule has 0 amide bonds. The highest BCUT2D eigenvalue weighted by molar-refractivity contribution is 5.83. The lowest BCUT2D eigenvalue weighted by molar-refractivity contribution is -0.160. The summed E-state index contributed by atoms with van der Waals surface area (Å²) in [6.07, 6.45) is 2.69. The number of pyridine rings is 1. The fraction of sp³-hybridized carbons (Fsp3) is 0.294. The molecule has 0 bridgehead atoms. The number of ether oxygens (including phenoxy) is 2. The number of carbonyl (C=O) groups is 1.